The second-order valence-electron chi connectivity index (χ2n) is 17.0. The molecule has 0 aliphatic heterocycles. The summed E-state index contributed by atoms with van der Waals surface area (Å²) in [6.07, 6.45) is 0. The maximum absolute atomic E-state index is 2.72. The average Bonchev–Trinajstić information content (AvgIpc) is 2.50. The van der Waals surface area contributed by atoms with Gasteiger partial charge in [-0.15, -0.1) is 0 Å². The number of benzene rings is 1. The molecule has 0 nitrogen and oxygen atoms in total. The van der Waals surface area contributed by atoms with Crippen molar-refractivity contribution < 1.29 is 0 Å². The molecule has 204 valence electrons. The Balaban J connectivity index is 4.65. The molecule has 1 aromatic carbocycles. The first-order valence-corrected chi connectivity index (χ1v) is 38.8. The van der Waals surface area contributed by atoms with Crippen molar-refractivity contribution in [2.24, 2.45) is 0 Å². The molecule has 35 heavy (non-hydrogen) atoms. The van der Waals surface area contributed by atoms with Gasteiger partial charge in [-0.3, -0.25) is 0 Å². The fraction of sp³-hybridized carbons (Fsp3) is 0.778. The topological polar surface area (TPSA) is 0 Å². The van der Waals surface area contributed by atoms with Crippen molar-refractivity contribution in [1.29, 1.82) is 0 Å². The van der Waals surface area contributed by atoms with Gasteiger partial charge < -0.3 is 0 Å². The SMILES string of the molecule is C[Si](C)(C)C(c1cccc(C([Si](C)(C)C)([Si](C)(C)C)[Si](C)(C)C)c1S[CH2][BiH2])([Si](C)(C)C)[Si](C)(C)C. The van der Waals surface area contributed by atoms with E-state index in [9.17, 15) is 0 Å². The van der Waals surface area contributed by atoms with Gasteiger partial charge in [0, 0.05) is 0 Å². The summed E-state index contributed by atoms with van der Waals surface area (Å²) in [7, 11) is -9.43. The molecule has 0 saturated heterocycles. The van der Waals surface area contributed by atoms with Gasteiger partial charge in [0.15, 0.2) is 0 Å². The average molecular weight is 795 g/mol. The Kier molecular flexibility index (Phi) is 10.6. The Hall–Kier alpha value is 1.75. The molecule has 0 heterocycles. The van der Waals surface area contributed by atoms with E-state index in [0.29, 0.717) is 8.57 Å². The van der Waals surface area contributed by atoms with Crippen LogP contribution in [0.25, 0.3) is 0 Å². The Morgan fingerprint density at radius 1 is 0.514 bits per heavy atom. The third-order valence-electron chi connectivity index (χ3n) is 8.80. The van der Waals surface area contributed by atoms with Crippen molar-refractivity contribution in [3.63, 3.8) is 0 Å². The first-order valence-electron chi connectivity index (χ1n) is 13.6. The van der Waals surface area contributed by atoms with Crippen LogP contribution < -0.4 is 0 Å². The molecule has 0 fully saturated rings. The predicted octanol–water partition coefficient (Wildman–Crippen LogP) is 9.11. The molecular formula is C27H61BiSSi6. The molecule has 0 atom stereocenters. The zero-order valence-corrected chi connectivity index (χ0v) is 38.2. The maximum atomic E-state index is 2.72. The van der Waals surface area contributed by atoms with E-state index in [2.05, 4.69) is 148 Å². The second-order valence-corrected chi connectivity index (χ2v) is 56.4. The van der Waals surface area contributed by atoms with Gasteiger partial charge in [0.1, 0.15) is 0 Å². The van der Waals surface area contributed by atoms with Crippen LogP contribution in [-0.4, -0.2) is 76.6 Å². The number of hydrogen-bond donors (Lipinski definition) is 0. The molecule has 1 aromatic rings. The normalized spacial score (nSPS) is 15.5. The van der Waals surface area contributed by atoms with Gasteiger partial charge in [0.05, 0.1) is 0 Å². The van der Waals surface area contributed by atoms with Gasteiger partial charge in [0.25, 0.3) is 0 Å². The zero-order chi connectivity index (χ0) is 28.3. The number of thioether (sulfide) groups is 1. The first-order chi connectivity index (χ1) is 15.2. The molecular weight excluding hydrogens is 734 g/mol. The molecule has 0 unspecified atom stereocenters. The van der Waals surface area contributed by atoms with Crippen molar-refractivity contribution in [3.05, 3.63) is 29.3 Å². The molecule has 0 N–H and O–H groups in total. The first kappa shape index (κ1) is 34.8. The molecule has 1 rings (SSSR count). The quantitative estimate of drug-likeness (QED) is 0.168. The van der Waals surface area contributed by atoms with Crippen molar-refractivity contribution in [2.75, 3.05) is 3.46 Å². The fourth-order valence-electron chi connectivity index (χ4n) is 10.5. The summed E-state index contributed by atoms with van der Waals surface area (Å²) in [5.74, 6) is 0. The van der Waals surface area contributed by atoms with E-state index in [4.69, 9.17) is 0 Å². The van der Waals surface area contributed by atoms with Gasteiger partial charge >= 0.3 is 249 Å². The molecule has 0 aliphatic rings. The van der Waals surface area contributed by atoms with E-state index in [-0.39, 0.29) is 0 Å². The van der Waals surface area contributed by atoms with Gasteiger partial charge in [-0.2, -0.15) is 0 Å². The van der Waals surface area contributed by atoms with Crippen LogP contribution in [0.15, 0.2) is 23.1 Å². The van der Waals surface area contributed by atoms with Crippen LogP contribution in [0.3, 0.4) is 0 Å². The van der Waals surface area contributed by atoms with Crippen LogP contribution in [0.2, 0.25) is 118 Å². The third kappa shape index (κ3) is 5.67. The minimum atomic E-state index is -1.57. The van der Waals surface area contributed by atoms with Crippen LogP contribution in [-0.2, 0) is 8.57 Å². The van der Waals surface area contributed by atoms with E-state index in [1.165, 1.54) is 3.46 Å². The van der Waals surface area contributed by atoms with Crippen LogP contribution in [0.1, 0.15) is 11.1 Å². The zero-order valence-electron chi connectivity index (χ0n) is 26.9. The van der Waals surface area contributed by atoms with Gasteiger partial charge in [-0.1, -0.05) is 0 Å². The molecule has 0 saturated carbocycles. The molecule has 0 amide bonds. The molecule has 0 radical (unpaired) electrons. The van der Waals surface area contributed by atoms with Crippen LogP contribution in [0, 0.1) is 0 Å². The van der Waals surface area contributed by atoms with Gasteiger partial charge in [-0.25, -0.2) is 0 Å². The summed E-state index contributed by atoms with van der Waals surface area (Å²) >= 11 is 3.32. The molecule has 0 bridgehead atoms. The Morgan fingerprint density at radius 3 is 0.914 bits per heavy atom. The van der Waals surface area contributed by atoms with Crippen LogP contribution in [0.5, 0.6) is 0 Å². The summed E-state index contributed by atoms with van der Waals surface area (Å²) in [6.45, 7) is 48.9. The van der Waals surface area contributed by atoms with E-state index in [1.54, 1.807) is 4.90 Å². The number of hydrogen-bond acceptors (Lipinski definition) is 1. The van der Waals surface area contributed by atoms with E-state index < -0.39 is 48.4 Å². The van der Waals surface area contributed by atoms with Crippen molar-refractivity contribution in [2.45, 2.75) is 131 Å². The van der Waals surface area contributed by atoms with E-state index >= 15 is 0 Å². The van der Waals surface area contributed by atoms with Crippen LogP contribution >= 0.6 is 11.8 Å². The van der Waals surface area contributed by atoms with Crippen molar-refractivity contribution in [1.82, 2.24) is 0 Å². The Bertz CT molecular complexity index is 747. The summed E-state index contributed by atoms with van der Waals surface area (Å²) < 4.78 is 2.22. The summed E-state index contributed by atoms with van der Waals surface area (Å²) in [6, 6.07) is 7.85. The monoisotopic (exact) mass is 794 g/mol. The van der Waals surface area contributed by atoms with Crippen molar-refractivity contribution in [3.8, 4) is 0 Å². The standard InChI is InChI=1S/C27H59SSi6.Bi.2H/c1-28-25-23(26(29(2,3)4,30(5,6)7)31(8,9)10)21-20-22-24(25)27(32(11,12)13,33(14,15)16)34(17,18)19;;;/h20-22H,1H2,2-19H3;;;. The third-order valence-corrected chi connectivity index (χ3v) is 53.8. The molecule has 0 spiro atoms. The fourth-order valence-corrected chi connectivity index (χ4v) is 74.0. The summed E-state index contributed by atoms with van der Waals surface area (Å²) in [5, 5.41) is 0. The van der Waals surface area contributed by atoms with Crippen LogP contribution in [0.4, 0.5) is 0 Å². The second kappa shape index (κ2) is 10.6. The molecule has 0 aromatic heterocycles. The summed E-state index contributed by atoms with van der Waals surface area (Å²) in [4.78, 5) is 1.79. The van der Waals surface area contributed by atoms with E-state index in [1.807, 2.05) is 11.1 Å². The minimum absolute atomic E-state index is 0.440. The molecule has 0 aliphatic carbocycles. The molecule has 8 heteroatoms. The van der Waals surface area contributed by atoms with E-state index in [0.717, 1.165) is 24.7 Å². The van der Waals surface area contributed by atoms with Crippen molar-refractivity contribution >= 4 is 84.9 Å². The van der Waals surface area contributed by atoms with Gasteiger partial charge in [-0.05, 0) is 0 Å². The summed E-state index contributed by atoms with van der Waals surface area (Å²) in [5.41, 5.74) is 3.66. The number of rotatable bonds is 10. The van der Waals surface area contributed by atoms with Gasteiger partial charge in [0.2, 0.25) is 0 Å². The Morgan fingerprint density at radius 2 is 0.743 bits per heavy atom. The Labute approximate surface area is 246 Å². The predicted molar refractivity (Wildman–Crippen MR) is 189 cm³/mol.